The van der Waals surface area contributed by atoms with Crippen molar-refractivity contribution in [3.05, 3.63) is 40.8 Å². The van der Waals surface area contributed by atoms with E-state index in [9.17, 15) is 9.90 Å². The predicted octanol–water partition coefficient (Wildman–Crippen LogP) is 3.32. The zero-order valence-corrected chi connectivity index (χ0v) is 16.0. The first-order valence-corrected chi connectivity index (χ1v) is 9.18. The summed E-state index contributed by atoms with van der Waals surface area (Å²) in [6.07, 6.45) is 2.69. The number of aromatic nitrogens is 1. The fourth-order valence-corrected chi connectivity index (χ4v) is 3.48. The van der Waals surface area contributed by atoms with Gasteiger partial charge in [-0.05, 0) is 50.9 Å². The molecule has 0 spiro atoms. The summed E-state index contributed by atoms with van der Waals surface area (Å²) in [4.78, 5) is 13.5. The van der Waals surface area contributed by atoms with Gasteiger partial charge in [0, 0.05) is 6.54 Å². The zero-order valence-electron chi connectivity index (χ0n) is 16.0. The maximum absolute atomic E-state index is 11.5. The molecule has 0 saturated carbocycles. The number of ether oxygens (including phenoxy) is 2. The number of likely N-dealkylation sites (tertiary alicyclic amines) is 1. The summed E-state index contributed by atoms with van der Waals surface area (Å²) in [6, 6.07) is 5.32. The minimum Gasteiger partial charge on any atom is -0.493 e. The molecule has 1 atom stereocenters. The van der Waals surface area contributed by atoms with E-state index in [4.69, 9.17) is 14.0 Å². The van der Waals surface area contributed by atoms with Crippen LogP contribution in [0.15, 0.2) is 22.7 Å². The van der Waals surface area contributed by atoms with E-state index >= 15 is 0 Å². The molecule has 1 fully saturated rings. The van der Waals surface area contributed by atoms with Gasteiger partial charge in [-0.25, -0.2) is 0 Å². The average molecular weight is 374 g/mol. The van der Waals surface area contributed by atoms with Gasteiger partial charge in [0.05, 0.1) is 18.4 Å². The number of carbonyl (C=O) groups is 1. The van der Waals surface area contributed by atoms with Gasteiger partial charge in [-0.1, -0.05) is 17.6 Å². The maximum Gasteiger partial charge on any atom is 0.320 e. The van der Waals surface area contributed by atoms with E-state index in [2.05, 4.69) is 5.16 Å². The van der Waals surface area contributed by atoms with Crippen LogP contribution in [0, 0.1) is 13.8 Å². The van der Waals surface area contributed by atoms with E-state index in [0.29, 0.717) is 31.1 Å². The Morgan fingerprint density at radius 2 is 2.15 bits per heavy atom. The van der Waals surface area contributed by atoms with Crippen molar-refractivity contribution >= 4 is 5.97 Å². The molecule has 1 aliphatic heterocycles. The van der Waals surface area contributed by atoms with Gasteiger partial charge in [-0.2, -0.15) is 0 Å². The number of carboxylic acid groups (broad SMARTS) is 1. The van der Waals surface area contributed by atoms with Crippen LogP contribution >= 0.6 is 0 Å². The molecule has 0 amide bonds. The van der Waals surface area contributed by atoms with E-state index in [1.807, 2.05) is 36.9 Å². The van der Waals surface area contributed by atoms with E-state index < -0.39 is 12.0 Å². The van der Waals surface area contributed by atoms with E-state index in [0.717, 1.165) is 42.0 Å². The first kappa shape index (κ1) is 19.2. The second-order valence-corrected chi connectivity index (χ2v) is 6.90. The van der Waals surface area contributed by atoms with Crippen molar-refractivity contribution in [1.29, 1.82) is 0 Å². The van der Waals surface area contributed by atoms with Crippen molar-refractivity contribution in [1.82, 2.24) is 10.1 Å². The number of aliphatic carboxylic acids is 1. The topological polar surface area (TPSA) is 85.0 Å². The van der Waals surface area contributed by atoms with Crippen LogP contribution in [-0.2, 0) is 17.9 Å². The fraction of sp³-hybridized carbons (Fsp3) is 0.500. The second kappa shape index (κ2) is 8.43. The van der Waals surface area contributed by atoms with Crippen molar-refractivity contribution in [2.45, 2.75) is 52.3 Å². The van der Waals surface area contributed by atoms with Crippen molar-refractivity contribution in [3.8, 4) is 11.5 Å². The van der Waals surface area contributed by atoms with Crippen molar-refractivity contribution in [2.75, 3.05) is 13.7 Å². The number of hydrogen-bond donors (Lipinski definition) is 1. The summed E-state index contributed by atoms with van der Waals surface area (Å²) >= 11 is 0. The van der Waals surface area contributed by atoms with Gasteiger partial charge in [0.15, 0.2) is 11.5 Å². The molecular weight excluding hydrogens is 348 g/mol. The molecule has 27 heavy (non-hydrogen) atoms. The molecule has 1 aromatic heterocycles. The highest BCUT2D eigenvalue weighted by Crippen LogP contribution is 2.31. The largest absolute Gasteiger partial charge is 0.493 e. The summed E-state index contributed by atoms with van der Waals surface area (Å²) in [5.74, 6) is 1.26. The van der Waals surface area contributed by atoms with E-state index in [1.54, 1.807) is 7.11 Å². The van der Waals surface area contributed by atoms with Crippen LogP contribution in [-0.4, -0.2) is 40.8 Å². The molecule has 1 N–H and O–H groups in total. The summed E-state index contributed by atoms with van der Waals surface area (Å²) in [5.41, 5.74) is 2.75. The molecule has 2 aromatic rings. The Bertz CT molecular complexity index is 782. The van der Waals surface area contributed by atoms with Gasteiger partial charge in [0.1, 0.15) is 18.4 Å². The first-order valence-electron chi connectivity index (χ1n) is 9.18. The van der Waals surface area contributed by atoms with Crippen molar-refractivity contribution < 1.29 is 23.9 Å². The lowest BCUT2D eigenvalue weighted by molar-refractivity contribution is -0.144. The molecule has 7 nitrogen and oxygen atoms in total. The lowest BCUT2D eigenvalue weighted by Crippen LogP contribution is -2.43. The Morgan fingerprint density at radius 3 is 2.81 bits per heavy atom. The Morgan fingerprint density at radius 1 is 1.33 bits per heavy atom. The van der Waals surface area contributed by atoms with Gasteiger partial charge in [-0.15, -0.1) is 0 Å². The molecule has 1 aromatic carbocycles. The monoisotopic (exact) mass is 374 g/mol. The number of methoxy groups -OCH3 is 1. The molecule has 1 aliphatic rings. The third-order valence-electron chi connectivity index (χ3n) is 5.07. The van der Waals surface area contributed by atoms with Crippen LogP contribution in [0.2, 0.25) is 0 Å². The highest BCUT2D eigenvalue weighted by Gasteiger charge is 2.28. The lowest BCUT2D eigenvalue weighted by Gasteiger charge is -2.32. The summed E-state index contributed by atoms with van der Waals surface area (Å²) < 4.78 is 16.5. The average Bonchev–Trinajstić information content (AvgIpc) is 2.98. The third kappa shape index (κ3) is 4.42. The van der Waals surface area contributed by atoms with Crippen LogP contribution < -0.4 is 9.47 Å². The molecule has 3 rings (SSSR count). The number of hydrogen-bond acceptors (Lipinski definition) is 6. The summed E-state index contributed by atoms with van der Waals surface area (Å²) in [5, 5.41) is 13.4. The van der Waals surface area contributed by atoms with Crippen LogP contribution in [0.1, 0.15) is 41.8 Å². The zero-order chi connectivity index (χ0) is 19.4. The van der Waals surface area contributed by atoms with Gasteiger partial charge >= 0.3 is 5.97 Å². The molecule has 2 heterocycles. The Kier molecular flexibility index (Phi) is 6.01. The van der Waals surface area contributed by atoms with Crippen LogP contribution in [0.5, 0.6) is 11.5 Å². The second-order valence-electron chi connectivity index (χ2n) is 6.90. The number of aryl methyl sites for hydroxylation is 2. The molecule has 0 radical (unpaired) electrons. The summed E-state index contributed by atoms with van der Waals surface area (Å²) in [6.45, 7) is 5.47. The Labute approximate surface area is 158 Å². The lowest BCUT2D eigenvalue weighted by atomic mass is 10.0. The molecule has 0 bridgehead atoms. The fourth-order valence-electron chi connectivity index (χ4n) is 3.48. The highest BCUT2D eigenvalue weighted by atomic mass is 16.5. The number of benzene rings is 1. The van der Waals surface area contributed by atoms with Crippen LogP contribution in [0.3, 0.4) is 0 Å². The SMILES string of the molecule is COc1cc(CN2CCCCC2C(=O)O)ccc1OCc1c(C)noc1C. The van der Waals surface area contributed by atoms with Gasteiger partial charge in [-0.3, -0.25) is 9.69 Å². The van der Waals surface area contributed by atoms with E-state index in [1.165, 1.54) is 0 Å². The van der Waals surface area contributed by atoms with Crippen molar-refractivity contribution in [3.63, 3.8) is 0 Å². The normalized spacial score (nSPS) is 17.7. The standard InChI is InChI=1S/C20H26N2O5/c1-13-16(14(2)27-21-13)12-26-18-8-7-15(10-19(18)25-3)11-22-9-5-4-6-17(22)20(23)24/h7-8,10,17H,4-6,9,11-12H2,1-3H3,(H,23,24). The molecular formula is C20H26N2O5. The molecule has 146 valence electrons. The molecule has 0 aliphatic carbocycles. The molecule has 1 unspecified atom stereocenters. The number of nitrogens with zero attached hydrogens (tertiary/aromatic N) is 2. The maximum atomic E-state index is 11.5. The molecule has 1 saturated heterocycles. The minimum atomic E-state index is -0.749. The first-order chi connectivity index (χ1) is 13.0. The quantitative estimate of drug-likeness (QED) is 0.796. The minimum absolute atomic E-state index is 0.351. The number of rotatable bonds is 7. The van der Waals surface area contributed by atoms with Crippen LogP contribution in [0.4, 0.5) is 0 Å². The molecule has 7 heteroatoms. The Hall–Kier alpha value is -2.54. The van der Waals surface area contributed by atoms with E-state index in [-0.39, 0.29) is 0 Å². The smallest absolute Gasteiger partial charge is 0.320 e. The highest BCUT2D eigenvalue weighted by molar-refractivity contribution is 5.73. The predicted molar refractivity (Wildman–Crippen MR) is 99.0 cm³/mol. The van der Waals surface area contributed by atoms with Gasteiger partial charge < -0.3 is 19.1 Å². The third-order valence-corrected chi connectivity index (χ3v) is 5.07. The Balaban J connectivity index is 1.71. The number of carboxylic acids is 1. The van der Waals surface area contributed by atoms with Crippen LogP contribution in [0.25, 0.3) is 0 Å². The number of piperidine rings is 1. The van der Waals surface area contributed by atoms with Crippen molar-refractivity contribution in [2.24, 2.45) is 0 Å². The van der Waals surface area contributed by atoms with Gasteiger partial charge in [0.25, 0.3) is 0 Å². The van der Waals surface area contributed by atoms with Gasteiger partial charge in [0.2, 0.25) is 0 Å². The summed E-state index contributed by atoms with van der Waals surface area (Å²) in [7, 11) is 1.60.